The van der Waals surface area contributed by atoms with Crippen LogP contribution in [0, 0.1) is 13.8 Å². The molecule has 1 aliphatic heterocycles. The summed E-state index contributed by atoms with van der Waals surface area (Å²) in [5, 5.41) is 1.02. The van der Waals surface area contributed by atoms with Crippen LogP contribution < -0.4 is 10.5 Å². The lowest BCUT2D eigenvalue weighted by Crippen LogP contribution is -2.48. The van der Waals surface area contributed by atoms with Crippen molar-refractivity contribution in [2.75, 3.05) is 31.1 Å². The minimum Gasteiger partial charge on any atom is -0.368 e. The first-order chi connectivity index (χ1) is 14.5. The van der Waals surface area contributed by atoms with E-state index in [4.69, 9.17) is 0 Å². The van der Waals surface area contributed by atoms with Crippen LogP contribution in [0.1, 0.15) is 21.6 Å². The summed E-state index contributed by atoms with van der Waals surface area (Å²) >= 11 is 0. The molecule has 1 fully saturated rings. The van der Waals surface area contributed by atoms with E-state index < -0.39 is 0 Å². The summed E-state index contributed by atoms with van der Waals surface area (Å²) in [5.74, 6) is -0.0247. The average Bonchev–Trinajstić information content (AvgIpc) is 3.17. The molecule has 4 aromatic rings. The lowest BCUT2D eigenvalue weighted by atomic mass is 10.1. The van der Waals surface area contributed by atoms with Crippen molar-refractivity contribution < 1.29 is 4.79 Å². The van der Waals surface area contributed by atoms with Crippen LogP contribution in [0.15, 0.2) is 53.6 Å². The van der Waals surface area contributed by atoms with Crippen molar-refractivity contribution >= 4 is 28.1 Å². The number of imidazole rings is 1. The van der Waals surface area contributed by atoms with Crippen molar-refractivity contribution in [2.45, 2.75) is 13.8 Å². The van der Waals surface area contributed by atoms with Crippen molar-refractivity contribution in [3.8, 4) is 0 Å². The minimum absolute atomic E-state index is 0.0247. The highest BCUT2D eigenvalue weighted by Crippen LogP contribution is 2.25. The molecule has 5 rings (SSSR count). The number of pyridine rings is 2. The van der Waals surface area contributed by atoms with E-state index in [1.807, 2.05) is 47.5 Å². The Morgan fingerprint density at radius 3 is 2.63 bits per heavy atom. The fourth-order valence-electron chi connectivity index (χ4n) is 4.13. The minimum atomic E-state index is -0.0902. The fourth-order valence-corrected chi connectivity index (χ4v) is 4.13. The summed E-state index contributed by atoms with van der Waals surface area (Å²) in [6, 6.07) is 11.6. The van der Waals surface area contributed by atoms with Gasteiger partial charge in [-0.25, -0.2) is 4.98 Å². The normalized spacial score (nSPS) is 14.6. The highest BCUT2D eigenvalue weighted by molar-refractivity contribution is 5.93. The predicted octanol–water partition coefficient (Wildman–Crippen LogP) is 2.76. The highest BCUT2D eigenvalue weighted by Gasteiger charge is 2.24. The van der Waals surface area contributed by atoms with Crippen LogP contribution in [-0.4, -0.2) is 51.4 Å². The van der Waals surface area contributed by atoms with Gasteiger partial charge in [0.05, 0.1) is 5.52 Å². The lowest BCUT2D eigenvalue weighted by molar-refractivity contribution is 0.0741. The van der Waals surface area contributed by atoms with E-state index in [1.165, 1.54) is 0 Å². The number of aryl methyl sites for hydroxylation is 2. The number of hydrogen-bond acceptors (Lipinski definition) is 4. The summed E-state index contributed by atoms with van der Waals surface area (Å²) in [6.45, 7) is 6.83. The second kappa shape index (κ2) is 7.02. The quantitative estimate of drug-likeness (QED) is 0.561. The maximum Gasteiger partial charge on any atom is 0.274 e. The van der Waals surface area contributed by atoms with E-state index in [2.05, 4.69) is 27.0 Å². The molecule has 1 N–H and O–H groups in total. The van der Waals surface area contributed by atoms with Crippen LogP contribution in [0.3, 0.4) is 0 Å². The Bertz CT molecular complexity index is 1330. The van der Waals surface area contributed by atoms with Gasteiger partial charge in [-0.05, 0) is 55.3 Å². The van der Waals surface area contributed by atoms with Crippen molar-refractivity contribution in [1.29, 1.82) is 0 Å². The third kappa shape index (κ3) is 3.22. The second-order valence-corrected chi connectivity index (χ2v) is 7.92. The van der Waals surface area contributed by atoms with Crippen LogP contribution >= 0.6 is 0 Å². The van der Waals surface area contributed by atoms with Gasteiger partial charge in [-0.15, -0.1) is 0 Å². The topological polar surface area (TPSA) is 73.7 Å². The van der Waals surface area contributed by atoms with E-state index in [0.29, 0.717) is 18.8 Å². The lowest BCUT2D eigenvalue weighted by Gasteiger charge is -2.36. The smallest absolute Gasteiger partial charge is 0.274 e. The molecule has 0 aliphatic carbocycles. The molecule has 0 radical (unpaired) electrons. The van der Waals surface area contributed by atoms with Gasteiger partial charge in [-0.2, -0.15) is 0 Å². The maximum absolute atomic E-state index is 13.0. The number of hydrogen-bond donors (Lipinski definition) is 1. The van der Waals surface area contributed by atoms with Crippen molar-refractivity contribution in [1.82, 2.24) is 19.3 Å². The van der Waals surface area contributed by atoms with Crippen LogP contribution in [-0.2, 0) is 0 Å². The van der Waals surface area contributed by atoms with E-state index in [1.54, 1.807) is 12.3 Å². The SMILES string of the molecule is Cc1ccn2cc(C(=O)N3CCN(c4cc(C)c5[nH]c(=O)ccc5c4)CC3)nc2c1. The largest absolute Gasteiger partial charge is 0.368 e. The van der Waals surface area contributed by atoms with Gasteiger partial charge < -0.3 is 19.2 Å². The molecule has 1 amide bonds. The molecule has 0 bridgehead atoms. The molecular weight excluding hydrogens is 378 g/mol. The molecule has 0 unspecified atom stereocenters. The second-order valence-electron chi connectivity index (χ2n) is 7.92. The number of carbonyl (C=O) groups is 1. The van der Waals surface area contributed by atoms with Crippen molar-refractivity contribution in [3.05, 3.63) is 76.0 Å². The molecule has 1 aromatic carbocycles. The summed E-state index contributed by atoms with van der Waals surface area (Å²) < 4.78 is 1.89. The first-order valence-corrected chi connectivity index (χ1v) is 10.1. The van der Waals surface area contributed by atoms with Gasteiger partial charge >= 0.3 is 0 Å². The average molecular weight is 401 g/mol. The fraction of sp³-hybridized carbons (Fsp3) is 0.261. The number of carbonyl (C=O) groups excluding carboxylic acids is 1. The van der Waals surface area contributed by atoms with Crippen molar-refractivity contribution in [3.63, 3.8) is 0 Å². The number of aromatic nitrogens is 3. The summed E-state index contributed by atoms with van der Waals surface area (Å²) in [7, 11) is 0. The Balaban J connectivity index is 1.33. The van der Waals surface area contributed by atoms with Gasteiger partial charge in [-0.1, -0.05) is 0 Å². The van der Waals surface area contributed by atoms with Gasteiger partial charge in [0.15, 0.2) is 0 Å². The number of fused-ring (bicyclic) bond motifs is 2. The summed E-state index contributed by atoms with van der Waals surface area (Å²) in [6.07, 6.45) is 3.73. The Kier molecular flexibility index (Phi) is 4.31. The molecule has 1 saturated heterocycles. The number of benzene rings is 1. The third-order valence-corrected chi connectivity index (χ3v) is 5.78. The zero-order chi connectivity index (χ0) is 20.8. The number of rotatable bonds is 2. The Morgan fingerprint density at radius 1 is 1.03 bits per heavy atom. The highest BCUT2D eigenvalue weighted by atomic mass is 16.2. The first kappa shape index (κ1) is 18.4. The number of anilines is 1. The van der Waals surface area contributed by atoms with Crippen molar-refractivity contribution in [2.24, 2.45) is 0 Å². The molecule has 7 nitrogen and oxygen atoms in total. The van der Waals surface area contributed by atoms with Crippen LogP contribution in [0.25, 0.3) is 16.6 Å². The number of aromatic amines is 1. The molecule has 0 atom stereocenters. The van der Waals surface area contributed by atoms with Crippen LogP contribution in [0.2, 0.25) is 0 Å². The molecule has 7 heteroatoms. The van der Waals surface area contributed by atoms with Gasteiger partial charge in [0.25, 0.3) is 5.91 Å². The van der Waals surface area contributed by atoms with Gasteiger partial charge in [0.1, 0.15) is 11.3 Å². The number of amides is 1. The molecular formula is C23H23N5O2. The molecule has 4 heterocycles. The Hall–Kier alpha value is -3.61. The number of H-pyrrole nitrogens is 1. The molecule has 1 aliphatic rings. The maximum atomic E-state index is 13.0. The van der Waals surface area contributed by atoms with Crippen LogP contribution in [0.4, 0.5) is 5.69 Å². The monoisotopic (exact) mass is 401 g/mol. The van der Waals surface area contributed by atoms with Gasteiger partial charge in [0, 0.05) is 55.7 Å². The molecule has 152 valence electrons. The summed E-state index contributed by atoms with van der Waals surface area (Å²) in [5.41, 5.74) is 5.34. The standard InChI is InChI=1S/C23H23N5O2/c1-15-5-6-28-14-19(24-20(28)11-15)23(30)27-9-7-26(8-10-27)18-12-16(2)22-17(13-18)3-4-21(29)25-22/h3-6,11-14H,7-10H2,1-2H3,(H,25,29). The molecule has 0 spiro atoms. The first-order valence-electron chi connectivity index (χ1n) is 10.1. The molecule has 3 aromatic heterocycles. The van der Waals surface area contributed by atoms with E-state index in [0.717, 1.165) is 46.5 Å². The zero-order valence-corrected chi connectivity index (χ0v) is 17.1. The van der Waals surface area contributed by atoms with E-state index >= 15 is 0 Å². The van der Waals surface area contributed by atoms with Gasteiger partial charge in [-0.3, -0.25) is 9.59 Å². The summed E-state index contributed by atoms with van der Waals surface area (Å²) in [4.78, 5) is 36.1. The number of nitrogens with zero attached hydrogens (tertiary/aromatic N) is 4. The predicted molar refractivity (Wildman–Crippen MR) is 117 cm³/mol. The Labute approximate surface area is 173 Å². The van der Waals surface area contributed by atoms with E-state index in [-0.39, 0.29) is 11.5 Å². The number of nitrogens with one attached hydrogen (secondary N) is 1. The van der Waals surface area contributed by atoms with E-state index in [9.17, 15) is 9.59 Å². The molecule has 30 heavy (non-hydrogen) atoms. The van der Waals surface area contributed by atoms with Gasteiger partial charge in [0.2, 0.25) is 5.56 Å². The number of piperazine rings is 1. The molecule has 0 saturated carbocycles. The third-order valence-electron chi connectivity index (χ3n) is 5.78. The zero-order valence-electron chi connectivity index (χ0n) is 17.1. The Morgan fingerprint density at radius 2 is 1.83 bits per heavy atom. The van der Waals surface area contributed by atoms with Crippen LogP contribution in [0.5, 0.6) is 0 Å².